The topological polar surface area (TPSA) is 50.2 Å². The van der Waals surface area contributed by atoms with E-state index in [-0.39, 0.29) is 5.91 Å². The summed E-state index contributed by atoms with van der Waals surface area (Å²) in [7, 11) is 0. The summed E-state index contributed by atoms with van der Waals surface area (Å²) in [6.07, 6.45) is 3.03. The molecule has 2 aliphatic rings. The number of aryl methyl sites for hydroxylation is 1. The van der Waals surface area contributed by atoms with Gasteiger partial charge >= 0.3 is 0 Å². The van der Waals surface area contributed by atoms with Crippen molar-refractivity contribution >= 4 is 16.9 Å². The van der Waals surface area contributed by atoms with E-state index in [1.54, 1.807) is 0 Å². The molecule has 0 radical (unpaired) electrons. The Bertz CT molecular complexity index is 683. The Morgan fingerprint density at radius 3 is 2.77 bits per heavy atom. The van der Waals surface area contributed by atoms with Crippen molar-refractivity contribution in [2.24, 2.45) is 0 Å². The molecule has 5 nitrogen and oxygen atoms in total. The van der Waals surface area contributed by atoms with E-state index in [1.165, 1.54) is 18.7 Å². The van der Waals surface area contributed by atoms with Crippen LogP contribution in [0, 0.1) is 0 Å². The largest absolute Gasteiger partial charge is 0.340 e. The highest BCUT2D eigenvalue weighted by Crippen LogP contribution is 2.40. The molecule has 0 spiro atoms. The maximum atomic E-state index is 12.4. The summed E-state index contributed by atoms with van der Waals surface area (Å²) in [4.78, 5) is 19.2. The summed E-state index contributed by atoms with van der Waals surface area (Å²) in [5, 5.41) is 3.29. The van der Waals surface area contributed by atoms with Crippen LogP contribution in [0.1, 0.15) is 31.0 Å². The Hall–Kier alpha value is -1.88. The van der Waals surface area contributed by atoms with E-state index in [0.717, 1.165) is 43.8 Å². The molecule has 0 bridgehead atoms. The molecular weight excluding hydrogens is 276 g/mol. The van der Waals surface area contributed by atoms with Gasteiger partial charge in [-0.15, -0.1) is 0 Å². The molecule has 1 aliphatic carbocycles. The zero-order chi connectivity index (χ0) is 14.9. The highest BCUT2D eigenvalue weighted by atomic mass is 16.2. The molecule has 1 saturated heterocycles. The van der Waals surface area contributed by atoms with Gasteiger partial charge in [0.2, 0.25) is 5.91 Å². The molecule has 1 aromatic heterocycles. The molecule has 22 heavy (non-hydrogen) atoms. The number of amides is 1. The third-order valence-electron chi connectivity index (χ3n) is 4.65. The molecular formula is C17H22N4O. The number of para-hydroxylation sites is 2. The van der Waals surface area contributed by atoms with Crippen molar-refractivity contribution in [3.63, 3.8) is 0 Å². The Morgan fingerprint density at radius 1 is 1.23 bits per heavy atom. The highest BCUT2D eigenvalue weighted by molar-refractivity contribution is 5.78. The van der Waals surface area contributed by atoms with Gasteiger partial charge in [0.05, 0.1) is 11.0 Å². The Kier molecular flexibility index (Phi) is 3.58. The normalized spacial score (nSPS) is 18.8. The third kappa shape index (κ3) is 2.61. The first-order valence-electron chi connectivity index (χ1n) is 8.26. The Labute approximate surface area is 130 Å². The van der Waals surface area contributed by atoms with E-state index in [2.05, 4.69) is 28.1 Å². The lowest BCUT2D eigenvalue weighted by molar-refractivity contribution is -0.131. The predicted octanol–water partition coefficient (Wildman–Crippen LogP) is 1.74. The minimum Gasteiger partial charge on any atom is -0.340 e. The minimum absolute atomic E-state index is 0.265. The van der Waals surface area contributed by atoms with Crippen LogP contribution in [0.3, 0.4) is 0 Å². The maximum absolute atomic E-state index is 12.4. The predicted molar refractivity (Wildman–Crippen MR) is 85.8 cm³/mol. The zero-order valence-corrected chi connectivity index (χ0v) is 12.8. The van der Waals surface area contributed by atoms with Crippen LogP contribution in [0.15, 0.2) is 24.3 Å². The smallest absolute Gasteiger partial charge is 0.224 e. The minimum atomic E-state index is 0.265. The number of carbonyl (C=O) groups is 1. The molecule has 4 rings (SSSR count). The van der Waals surface area contributed by atoms with Gasteiger partial charge in [-0.1, -0.05) is 12.1 Å². The van der Waals surface area contributed by atoms with Crippen LogP contribution in [0.4, 0.5) is 0 Å². The van der Waals surface area contributed by atoms with Gasteiger partial charge in [0.1, 0.15) is 5.82 Å². The van der Waals surface area contributed by atoms with Gasteiger partial charge in [-0.3, -0.25) is 4.79 Å². The van der Waals surface area contributed by atoms with Crippen LogP contribution >= 0.6 is 0 Å². The molecule has 116 valence electrons. The monoisotopic (exact) mass is 298 g/mol. The molecule has 5 heteroatoms. The summed E-state index contributed by atoms with van der Waals surface area (Å²) in [6.45, 7) is 4.23. The van der Waals surface area contributed by atoms with Gasteiger partial charge in [0.25, 0.3) is 0 Å². The van der Waals surface area contributed by atoms with Gasteiger partial charge in [-0.05, 0) is 25.0 Å². The number of nitrogens with zero attached hydrogens (tertiary/aromatic N) is 3. The zero-order valence-electron chi connectivity index (χ0n) is 12.8. The van der Waals surface area contributed by atoms with E-state index in [0.29, 0.717) is 12.3 Å². The number of rotatable bonds is 4. The summed E-state index contributed by atoms with van der Waals surface area (Å²) in [6, 6.07) is 8.26. The number of piperazine rings is 1. The number of hydrogen-bond acceptors (Lipinski definition) is 3. The first kappa shape index (κ1) is 13.8. The van der Waals surface area contributed by atoms with Crippen LogP contribution in [0.2, 0.25) is 0 Å². The van der Waals surface area contributed by atoms with Gasteiger partial charge in [-0.2, -0.15) is 0 Å². The van der Waals surface area contributed by atoms with Crippen molar-refractivity contribution in [3.05, 3.63) is 30.1 Å². The molecule has 2 aromatic rings. The molecule has 1 saturated carbocycles. The second-order valence-corrected chi connectivity index (χ2v) is 6.27. The van der Waals surface area contributed by atoms with E-state index in [4.69, 9.17) is 4.98 Å². The van der Waals surface area contributed by atoms with Crippen molar-refractivity contribution in [1.82, 2.24) is 19.8 Å². The second kappa shape index (κ2) is 5.72. The average molecular weight is 298 g/mol. The molecule has 1 aliphatic heterocycles. The summed E-state index contributed by atoms with van der Waals surface area (Å²) >= 11 is 0. The van der Waals surface area contributed by atoms with E-state index in [1.807, 2.05) is 11.0 Å². The third-order valence-corrected chi connectivity index (χ3v) is 4.65. The molecule has 2 fully saturated rings. The second-order valence-electron chi connectivity index (χ2n) is 6.27. The fraction of sp³-hybridized carbons (Fsp3) is 0.529. The number of benzene rings is 1. The average Bonchev–Trinajstić information content (AvgIpc) is 3.35. The maximum Gasteiger partial charge on any atom is 0.224 e. The quantitative estimate of drug-likeness (QED) is 0.935. The molecule has 1 aromatic carbocycles. The van der Waals surface area contributed by atoms with Gasteiger partial charge in [-0.25, -0.2) is 4.98 Å². The molecule has 1 N–H and O–H groups in total. The van der Waals surface area contributed by atoms with Gasteiger partial charge in [0, 0.05) is 45.1 Å². The van der Waals surface area contributed by atoms with Crippen LogP contribution < -0.4 is 5.32 Å². The molecule has 1 amide bonds. The first-order valence-corrected chi connectivity index (χ1v) is 8.26. The molecule has 0 atom stereocenters. The molecule has 2 heterocycles. The van der Waals surface area contributed by atoms with E-state index < -0.39 is 0 Å². The van der Waals surface area contributed by atoms with Crippen molar-refractivity contribution < 1.29 is 4.79 Å². The lowest BCUT2D eigenvalue weighted by Crippen LogP contribution is -2.46. The van der Waals surface area contributed by atoms with Crippen LogP contribution in [0.25, 0.3) is 11.0 Å². The van der Waals surface area contributed by atoms with Gasteiger partial charge in [0.15, 0.2) is 0 Å². The Balaban J connectivity index is 1.53. The number of carbonyl (C=O) groups excluding carboxylic acids is 1. The van der Waals surface area contributed by atoms with E-state index in [9.17, 15) is 4.79 Å². The first-order chi connectivity index (χ1) is 10.8. The van der Waals surface area contributed by atoms with Crippen molar-refractivity contribution in [2.45, 2.75) is 31.7 Å². The lowest BCUT2D eigenvalue weighted by atomic mass is 10.2. The number of aromatic nitrogens is 2. The number of fused-ring (bicyclic) bond motifs is 1. The van der Waals surface area contributed by atoms with Crippen LogP contribution in [-0.2, 0) is 11.3 Å². The van der Waals surface area contributed by atoms with Crippen LogP contribution in [0.5, 0.6) is 0 Å². The van der Waals surface area contributed by atoms with Gasteiger partial charge < -0.3 is 14.8 Å². The summed E-state index contributed by atoms with van der Waals surface area (Å²) in [5.41, 5.74) is 2.22. The standard InChI is InChI=1S/C17H22N4O/c22-16(20-11-8-18-9-12-20)7-10-21-15-4-2-1-3-14(15)19-17(21)13-5-6-13/h1-4,13,18H,5-12H2. The summed E-state index contributed by atoms with van der Waals surface area (Å²) < 4.78 is 2.27. The van der Waals surface area contributed by atoms with E-state index >= 15 is 0 Å². The Morgan fingerprint density at radius 2 is 2.00 bits per heavy atom. The van der Waals surface area contributed by atoms with Crippen molar-refractivity contribution in [1.29, 1.82) is 0 Å². The number of hydrogen-bond donors (Lipinski definition) is 1. The fourth-order valence-electron chi connectivity index (χ4n) is 3.26. The SMILES string of the molecule is O=C(CCn1c(C2CC2)nc2ccccc21)N1CCNCC1. The van der Waals surface area contributed by atoms with Crippen molar-refractivity contribution in [3.8, 4) is 0 Å². The number of imidazole rings is 1. The summed E-state index contributed by atoms with van der Waals surface area (Å²) in [5.74, 6) is 2.04. The lowest BCUT2D eigenvalue weighted by Gasteiger charge is -2.27. The fourth-order valence-corrected chi connectivity index (χ4v) is 3.26. The van der Waals surface area contributed by atoms with Crippen LogP contribution in [-0.4, -0.2) is 46.5 Å². The number of nitrogens with one attached hydrogen (secondary N) is 1. The van der Waals surface area contributed by atoms with Crippen molar-refractivity contribution in [2.75, 3.05) is 26.2 Å². The highest BCUT2D eigenvalue weighted by Gasteiger charge is 2.29. The molecule has 0 unspecified atom stereocenters.